The molecule has 3 aliphatic rings. The van der Waals surface area contributed by atoms with Crippen LogP contribution in [0.2, 0.25) is 0 Å². The average molecular weight is 332 g/mol. The number of likely N-dealkylation sites (tertiary alicyclic amines) is 1. The lowest BCUT2D eigenvalue weighted by molar-refractivity contribution is -0.143. The van der Waals surface area contributed by atoms with E-state index in [4.69, 9.17) is 9.47 Å². The number of hydrogen-bond acceptors (Lipinski definition) is 6. The Kier molecular flexibility index (Phi) is 4.62. The number of amides is 1. The zero-order valence-corrected chi connectivity index (χ0v) is 13.8. The first-order valence-electron chi connectivity index (χ1n) is 8.84. The smallest absolute Gasteiger partial charge is 0.251 e. The Morgan fingerprint density at radius 3 is 2.96 bits per heavy atom. The fraction of sp³-hybridized carbons (Fsp3) is 0.706. The summed E-state index contributed by atoms with van der Waals surface area (Å²) in [6.45, 7) is 3.77. The fourth-order valence-electron chi connectivity index (χ4n) is 4.00. The number of carbonyl (C=O) groups is 1. The first-order chi connectivity index (χ1) is 11.8. The van der Waals surface area contributed by atoms with Gasteiger partial charge < -0.3 is 19.7 Å². The molecule has 130 valence electrons. The van der Waals surface area contributed by atoms with Gasteiger partial charge in [0.2, 0.25) is 5.95 Å². The van der Waals surface area contributed by atoms with Gasteiger partial charge in [0.15, 0.2) is 0 Å². The molecule has 0 bridgehead atoms. The molecule has 1 aromatic rings. The van der Waals surface area contributed by atoms with Gasteiger partial charge in [-0.3, -0.25) is 4.79 Å². The molecular weight excluding hydrogens is 308 g/mol. The lowest BCUT2D eigenvalue weighted by Crippen LogP contribution is -2.49. The molecule has 0 aromatic carbocycles. The van der Waals surface area contributed by atoms with Crippen molar-refractivity contribution in [2.45, 2.75) is 31.5 Å². The van der Waals surface area contributed by atoms with E-state index in [0.717, 1.165) is 39.0 Å². The van der Waals surface area contributed by atoms with Gasteiger partial charge in [0.1, 0.15) is 6.10 Å². The third-order valence-corrected chi connectivity index (χ3v) is 5.35. The van der Waals surface area contributed by atoms with E-state index in [1.807, 2.05) is 4.90 Å². The molecule has 3 fully saturated rings. The number of anilines is 1. The highest BCUT2D eigenvalue weighted by Crippen LogP contribution is 2.35. The van der Waals surface area contributed by atoms with E-state index in [9.17, 15) is 4.79 Å². The number of nitrogens with zero attached hydrogens (tertiary/aromatic N) is 3. The minimum absolute atomic E-state index is 0.0962. The van der Waals surface area contributed by atoms with Crippen LogP contribution in [-0.4, -0.2) is 65.8 Å². The molecular formula is C17H24N4O3. The van der Waals surface area contributed by atoms with Crippen LogP contribution in [0.3, 0.4) is 0 Å². The second kappa shape index (κ2) is 7.03. The third kappa shape index (κ3) is 3.23. The SMILES string of the molecule is O=C([C@H]1CCCO1)N1CC[C@H]2CO[C@H](CNc3ncccn3)[C@H]2C1. The van der Waals surface area contributed by atoms with Crippen LogP contribution < -0.4 is 5.32 Å². The van der Waals surface area contributed by atoms with Crippen molar-refractivity contribution in [3.05, 3.63) is 18.5 Å². The standard InChI is InChI=1S/C17H24N4O3/c22-16(14-3-1-8-23-14)21-7-4-12-11-24-15(13(12)10-21)9-20-17-18-5-2-6-19-17/h2,5-6,12-15H,1,3-4,7-11H2,(H,18,19,20)/t12-,13-,14+,15+/m0/s1. The Morgan fingerprint density at radius 1 is 1.29 bits per heavy atom. The molecule has 4 atom stereocenters. The van der Waals surface area contributed by atoms with Crippen molar-refractivity contribution in [1.82, 2.24) is 14.9 Å². The van der Waals surface area contributed by atoms with Gasteiger partial charge in [-0.15, -0.1) is 0 Å². The van der Waals surface area contributed by atoms with Crippen LogP contribution in [0.4, 0.5) is 5.95 Å². The number of fused-ring (bicyclic) bond motifs is 1. The molecule has 0 unspecified atom stereocenters. The van der Waals surface area contributed by atoms with E-state index in [-0.39, 0.29) is 18.1 Å². The van der Waals surface area contributed by atoms with Crippen molar-refractivity contribution in [3.63, 3.8) is 0 Å². The first-order valence-corrected chi connectivity index (χ1v) is 8.84. The molecule has 0 radical (unpaired) electrons. The summed E-state index contributed by atoms with van der Waals surface area (Å²) in [7, 11) is 0. The van der Waals surface area contributed by atoms with E-state index in [1.54, 1.807) is 18.5 Å². The summed E-state index contributed by atoms with van der Waals surface area (Å²) < 4.78 is 11.5. The summed E-state index contributed by atoms with van der Waals surface area (Å²) in [6.07, 6.45) is 6.17. The molecule has 1 aromatic heterocycles. The third-order valence-electron chi connectivity index (χ3n) is 5.35. The predicted octanol–water partition coefficient (Wildman–Crippen LogP) is 0.931. The van der Waals surface area contributed by atoms with Crippen LogP contribution in [-0.2, 0) is 14.3 Å². The van der Waals surface area contributed by atoms with Crippen LogP contribution in [0.25, 0.3) is 0 Å². The number of carbonyl (C=O) groups excluding carboxylic acids is 1. The molecule has 0 aliphatic carbocycles. The van der Waals surface area contributed by atoms with Gasteiger partial charge in [-0.1, -0.05) is 0 Å². The maximum absolute atomic E-state index is 12.6. The van der Waals surface area contributed by atoms with Gasteiger partial charge in [0.25, 0.3) is 5.91 Å². The number of ether oxygens (including phenoxy) is 2. The van der Waals surface area contributed by atoms with Crippen LogP contribution >= 0.6 is 0 Å². The Morgan fingerprint density at radius 2 is 2.17 bits per heavy atom. The van der Waals surface area contributed by atoms with E-state index >= 15 is 0 Å². The van der Waals surface area contributed by atoms with Crippen molar-refractivity contribution in [2.24, 2.45) is 11.8 Å². The first kappa shape index (κ1) is 15.8. The van der Waals surface area contributed by atoms with Crippen molar-refractivity contribution >= 4 is 11.9 Å². The molecule has 1 N–H and O–H groups in total. The largest absolute Gasteiger partial charge is 0.376 e. The number of hydrogen-bond donors (Lipinski definition) is 1. The van der Waals surface area contributed by atoms with Crippen LogP contribution in [0.5, 0.6) is 0 Å². The molecule has 1 amide bonds. The zero-order chi connectivity index (χ0) is 16.4. The Hall–Kier alpha value is -1.73. The molecule has 4 heterocycles. The van der Waals surface area contributed by atoms with Gasteiger partial charge >= 0.3 is 0 Å². The molecule has 0 spiro atoms. The number of nitrogens with one attached hydrogen (secondary N) is 1. The van der Waals surface area contributed by atoms with Gasteiger partial charge in [-0.05, 0) is 31.2 Å². The molecule has 7 heteroatoms. The van der Waals surface area contributed by atoms with Crippen molar-refractivity contribution in [2.75, 3.05) is 38.2 Å². The molecule has 4 rings (SSSR count). The lowest BCUT2D eigenvalue weighted by Gasteiger charge is -2.37. The summed E-state index contributed by atoms with van der Waals surface area (Å²) in [5.74, 6) is 1.70. The van der Waals surface area contributed by atoms with Crippen LogP contribution in [0, 0.1) is 11.8 Å². The second-order valence-corrected chi connectivity index (χ2v) is 6.82. The fourth-order valence-corrected chi connectivity index (χ4v) is 4.00. The summed E-state index contributed by atoms with van der Waals surface area (Å²) in [5.41, 5.74) is 0. The summed E-state index contributed by atoms with van der Waals surface area (Å²) in [6, 6.07) is 1.79. The van der Waals surface area contributed by atoms with Crippen LogP contribution in [0.15, 0.2) is 18.5 Å². The summed E-state index contributed by atoms with van der Waals surface area (Å²) in [4.78, 5) is 22.9. The van der Waals surface area contributed by atoms with Gasteiger partial charge in [0.05, 0.1) is 12.7 Å². The highest BCUT2D eigenvalue weighted by atomic mass is 16.5. The maximum atomic E-state index is 12.6. The Labute approximate surface area is 141 Å². The van der Waals surface area contributed by atoms with Gasteiger partial charge in [0, 0.05) is 44.6 Å². The van der Waals surface area contributed by atoms with Crippen LogP contribution in [0.1, 0.15) is 19.3 Å². The van der Waals surface area contributed by atoms with Crippen molar-refractivity contribution < 1.29 is 14.3 Å². The molecule has 7 nitrogen and oxygen atoms in total. The van der Waals surface area contributed by atoms with Gasteiger partial charge in [-0.2, -0.15) is 0 Å². The van der Waals surface area contributed by atoms with E-state index in [0.29, 0.717) is 30.9 Å². The minimum atomic E-state index is -0.224. The van der Waals surface area contributed by atoms with E-state index < -0.39 is 0 Å². The Bertz CT molecular complexity index is 564. The monoisotopic (exact) mass is 332 g/mol. The predicted molar refractivity (Wildman–Crippen MR) is 87.4 cm³/mol. The molecule has 3 saturated heterocycles. The van der Waals surface area contributed by atoms with E-state index in [2.05, 4.69) is 15.3 Å². The maximum Gasteiger partial charge on any atom is 0.251 e. The van der Waals surface area contributed by atoms with Crippen molar-refractivity contribution in [3.8, 4) is 0 Å². The zero-order valence-electron chi connectivity index (χ0n) is 13.8. The molecule has 3 aliphatic heterocycles. The summed E-state index contributed by atoms with van der Waals surface area (Å²) >= 11 is 0. The average Bonchev–Trinajstić information content (AvgIpc) is 3.30. The number of piperidine rings is 1. The normalized spacial score (nSPS) is 32.6. The quantitative estimate of drug-likeness (QED) is 0.884. The van der Waals surface area contributed by atoms with Crippen molar-refractivity contribution in [1.29, 1.82) is 0 Å². The summed E-state index contributed by atoms with van der Waals surface area (Å²) in [5, 5.41) is 3.24. The minimum Gasteiger partial charge on any atom is -0.376 e. The number of rotatable bonds is 4. The van der Waals surface area contributed by atoms with Gasteiger partial charge in [-0.25, -0.2) is 9.97 Å². The molecule has 24 heavy (non-hydrogen) atoms. The lowest BCUT2D eigenvalue weighted by atomic mass is 9.84. The topological polar surface area (TPSA) is 76.6 Å². The molecule has 0 saturated carbocycles. The van der Waals surface area contributed by atoms with E-state index in [1.165, 1.54) is 0 Å². The second-order valence-electron chi connectivity index (χ2n) is 6.82. The highest BCUT2D eigenvalue weighted by Gasteiger charge is 2.43. The highest BCUT2D eigenvalue weighted by molar-refractivity contribution is 5.81. The number of aromatic nitrogens is 2. The Balaban J connectivity index is 1.35.